The van der Waals surface area contributed by atoms with Gasteiger partial charge >= 0.3 is 0 Å². The van der Waals surface area contributed by atoms with Crippen molar-refractivity contribution in [1.82, 2.24) is 5.32 Å². The molecule has 3 heteroatoms. The largest absolute Gasteiger partial charge is 0.490 e. The van der Waals surface area contributed by atoms with Crippen molar-refractivity contribution < 1.29 is 9.47 Å². The molecule has 2 atom stereocenters. The van der Waals surface area contributed by atoms with Crippen molar-refractivity contribution in [3.05, 3.63) is 23.8 Å². The van der Waals surface area contributed by atoms with E-state index in [1.165, 1.54) is 5.56 Å². The Kier molecular flexibility index (Phi) is 3.89. The summed E-state index contributed by atoms with van der Waals surface area (Å²) >= 11 is 0. The second-order valence-electron chi connectivity index (χ2n) is 4.38. The molecule has 1 heterocycles. The third-order valence-corrected chi connectivity index (χ3v) is 3.02. The van der Waals surface area contributed by atoms with E-state index in [2.05, 4.69) is 25.2 Å². The Labute approximate surface area is 103 Å². The van der Waals surface area contributed by atoms with Gasteiger partial charge in [0.2, 0.25) is 0 Å². The van der Waals surface area contributed by atoms with E-state index in [1.54, 1.807) is 0 Å². The van der Waals surface area contributed by atoms with Crippen LogP contribution in [0.15, 0.2) is 18.2 Å². The molecule has 0 amide bonds. The van der Waals surface area contributed by atoms with Crippen LogP contribution in [0.3, 0.4) is 0 Å². The third-order valence-electron chi connectivity index (χ3n) is 3.02. The second kappa shape index (κ2) is 5.41. The maximum absolute atomic E-state index is 5.93. The Morgan fingerprint density at radius 2 is 2.24 bits per heavy atom. The van der Waals surface area contributed by atoms with Crippen LogP contribution < -0.4 is 14.8 Å². The number of hydrogen-bond acceptors (Lipinski definition) is 3. The molecule has 2 rings (SSSR count). The van der Waals surface area contributed by atoms with Crippen molar-refractivity contribution in [2.45, 2.75) is 39.3 Å². The standard InChI is InChI=1S/C14H21NO2/c1-4-15-12-9-10(3)17-14-11(12)7-6-8-13(14)16-5-2/h6-8,10,12,15H,4-5,9H2,1-3H3. The Balaban J connectivity index is 2.35. The summed E-state index contributed by atoms with van der Waals surface area (Å²) in [5.74, 6) is 1.78. The molecular formula is C14H21NO2. The summed E-state index contributed by atoms with van der Waals surface area (Å²) in [7, 11) is 0. The average molecular weight is 235 g/mol. The van der Waals surface area contributed by atoms with Crippen LogP contribution in [0.5, 0.6) is 11.5 Å². The van der Waals surface area contributed by atoms with E-state index in [0.717, 1.165) is 24.5 Å². The molecule has 1 aliphatic rings. The van der Waals surface area contributed by atoms with Gasteiger partial charge < -0.3 is 14.8 Å². The van der Waals surface area contributed by atoms with Gasteiger partial charge in [0, 0.05) is 18.0 Å². The summed E-state index contributed by atoms with van der Waals surface area (Å²) < 4.78 is 11.6. The van der Waals surface area contributed by atoms with Crippen LogP contribution in [-0.4, -0.2) is 19.3 Å². The topological polar surface area (TPSA) is 30.5 Å². The first kappa shape index (κ1) is 12.2. The van der Waals surface area contributed by atoms with Gasteiger partial charge in [-0.2, -0.15) is 0 Å². The highest BCUT2D eigenvalue weighted by Crippen LogP contribution is 2.41. The van der Waals surface area contributed by atoms with E-state index in [9.17, 15) is 0 Å². The van der Waals surface area contributed by atoms with Crippen LogP contribution in [0.1, 0.15) is 38.8 Å². The molecule has 0 radical (unpaired) electrons. The zero-order valence-electron chi connectivity index (χ0n) is 10.8. The molecule has 0 spiro atoms. The minimum Gasteiger partial charge on any atom is -0.490 e. The van der Waals surface area contributed by atoms with Gasteiger partial charge in [0.05, 0.1) is 12.7 Å². The average Bonchev–Trinajstić information content (AvgIpc) is 2.31. The van der Waals surface area contributed by atoms with E-state index in [0.29, 0.717) is 12.6 Å². The fourth-order valence-electron chi connectivity index (χ4n) is 2.35. The Hall–Kier alpha value is -1.22. The van der Waals surface area contributed by atoms with Crippen molar-refractivity contribution in [3.63, 3.8) is 0 Å². The fraction of sp³-hybridized carbons (Fsp3) is 0.571. The minimum atomic E-state index is 0.230. The van der Waals surface area contributed by atoms with Crippen LogP contribution >= 0.6 is 0 Å². The van der Waals surface area contributed by atoms with Gasteiger partial charge in [-0.25, -0.2) is 0 Å². The molecule has 1 aliphatic heterocycles. The molecule has 1 aromatic carbocycles. The second-order valence-corrected chi connectivity index (χ2v) is 4.38. The van der Waals surface area contributed by atoms with E-state index in [1.807, 2.05) is 19.1 Å². The van der Waals surface area contributed by atoms with E-state index in [-0.39, 0.29) is 6.10 Å². The zero-order valence-corrected chi connectivity index (χ0v) is 10.8. The summed E-state index contributed by atoms with van der Waals surface area (Å²) in [6, 6.07) is 6.51. The lowest BCUT2D eigenvalue weighted by atomic mass is 9.96. The lowest BCUT2D eigenvalue weighted by Gasteiger charge is -2.31. The summed E-state index contributed by atoms with van der Waals surface area (Å²) in [6.45, 7) is 7.87. The number of rotatable bonds is 4. The Morgan fingerprint density at radius 1 is 1.41 bits per heavy atom. The number of para-hydroxylation sites is 1. The van der Waals surface area contributed by atoms with Crippen molar-refractivity contribution in [1.29, 1.82) is 0 Å². The number of nitrogens with one attached hydrogen (secondary N) is 1. The highest BCUT2D eigenvalue weighted by molar-refractivity contribution is 5.49. The number of fused-ring (bicyclic) bond motifs is 1. The van der Waals surface area contributed by atoms with Gasteiger partial charge in [-0.15, -0.1) is 0 Å². The third kappa shape index (κ3) is 2.55. The first-order valence-electron chi connectivity index (χ1n) is 6.42. The highest BCUT2D eigenvalue weighted by Gasteiger charge is 2.27. The van der Waals surface area contributed by atoms with Crippen LogP contribution in [-0.2, 0) is 0 Å². The predicted molar refractivity (Wildman–Crippen MR) is 68.7 cm³/mol. The number of hydrogen-bond donors (Lipinski definition) is 1. The molecule has 0 saturated heterocycles. The fourth-order valence-corrected chi connectivity index (χ4v) is 2.35. The molecule has 2 unspecified atom stereocenters. The lowest BCUT2D eigenvalue weighted by molar-refractivity contribution is 0.157. The summed E-state index contributed by atoms with van der Waals surface area (Å²) in [5.41, 5.74) is 1.22. The van der Waals surface area contributed by atoms with Gasteiger partial charge in [0.25, 0.3) is 0 Å². The SMILES string of the molecule is CCNC1CC(C)Oc2c(OCC)cccc21. The highest BCUT2D eigenvalue weighted by atomic mass is 16.5. The number of ether oxygens (including phenoxy) is 2. The molecule has 0 bridgehead atoms. The molecule has 1 aromatic rings. The van der Waals surface area contributed by atoms with Crippen molar-refractivity contribution >= 4 is 0 Å². The van der Waals surface area contributed by atoms with E-state index in [4.69, 9.17) is 9.47 Å². The van der Waals surface area contributed by atoms with Crippen molar-refractivity contribution in [3.8, 4) is 11.5 Å². The van der Waals surface area contributed by atoms with E-state index < -0.39 is 0 Å². The van der Waals surface area contributed by atoms with Crippen molar-refractivity contribution in [2.75, 3.05) is 13.2 Å². The molecule has 0 aliphatic carbocycles. The molecule has 3 nitrogen and oxygen atoms in total. The smallest absolute Gasteiger partial charge is 0.166 e. The molecule has 1 N–H and O–H groups in total. The Bertz CT molecular complexity index is 378. The summed E-state index contributed by atoms with van der Waals surface area (Å²) in [6.07, 6.45) is 1.24. The van der Waals surface area contributed by atoms with E-state index >= 15 is 0 Å². The quantitative estimate of drug-likeness (QED) is 0.870. The van der Waals surface area contributed by atoms with Crippen LogP contribution in [0.4, 0.5) is 0 Å². The maximum atomic E-state index is 5.93. The first-order chi connectivity index (χ1) is 8.26. The molecule has 94 valence electrons. The van der Waals surface area contributed by atoms with Crippen LogP contribution in [0.25, 0.3) is 0 Å². The first-order valence-corrected chi connectivity index (χ1v) is 6.42. The molecule has 17 heavy (non-hydrogen) atoms. The monoisotopic (exact) mass is 235 g/mol. The predicted octanol–water partition coefficient (Wildman–Crippen LogP) is 2.91. The zero-order chi connectivity index (χ0) is 12.3. The molecule has 0 saturated carbocycles. The molecule has 0 fully saturated rings. The normalized spacial score (nSPS) is 22.8. The van der Waals surface area contributed by atoms with Crippen LogP contribution in [0.2, 0.25) is 0 Å². The number of benzene rings is 1. The van der Waals surface area contributed by atoms with Gasteiger partial charge in [-0.05, 0) is 26.5 Å². The van der Waals surface area contributed by atoms with Gasteiger partial charge in [0.15, 0.2) is 11.5 Å². The summed E-state index contributed by atoms with van der Waals surface area (Å²) in [4.78, 5) is 0. The maximum Gasteiger partial charge on any atom is 0.166 e. The van der Waals surface area contributed by atoms with Crippen LogP contribution in [0, 0.1) is 0 Å². The lowest BCUT2D eigenvalue weighted by Crippen LogP contribution is -2.31. The van der Waals surface area contributed by atoms with Crippen molar-refractivity contribution in [2.24, 2.45) is 0 Å². The van der Waals surface area contributed by atoms with Gasteiger partial charge in [-0.1, -0.05) is 19.1 Å². The molecular weight excluding hydrogens is 214 g/mol. The van der Waals surface area contributed by atoms with Gasteiger partial charge in [0.1, 0.15) is 0 Å². The molecule has 0 aromatic heterocycles. The minimum absolute atomic E-state index is 0.230. The Morgan fingerprint density at radius 3 is 2.94 bits per heavy atom. The summed E-state index contributed by atoms with van der Waals surface area (Å²) in [5, 5.41) is 3.50. The van der Waals surface area contributed by atoms with Gasteiger partial charge in [-0.3, -0.25) is 0 Å².